The number of aryl methyl sites for hydroxylation is 1. The number of benzene rings is 1. The number of pyridine rings is 1. The van der Waals surface area contributed by atoms with Gasteiger partial charge in [0.1, 0.15) is 22.9 Å². The monoisotopic (exact) mass is 535 g/mol. The van der Waals surface area contributed by atoms with E-state index in [4.69, 9.17) is 0 Å². The number of nitrogens with zero attached hydrogens (tertiary/aromatic N) is 6. The summed E-state index contributed by atoms with van der Waals surface area (Å²) in [5.74, 6) is 0.576. The molecular weight excluding hydrogens is 500 g/mol. The van der Waals surface area contributed by atoms with Crippen molar-refractivity contribution < 1.29 is 13.9 Å². The summed E-state index contributed by atoms with van der Waals surface area (Å²) in [5, 5.41) is 13.1. The Balaban J connectivity index is 1.38. The fraction of sp³-hybridized carbons (Fsp3) is 0.448. The first-order valence-corrected chi connectivity index (χ1v) is 13.6. The van der Waals surface area contributed by atoms with Crippen LogP contribution in [0.25, 0.3) is 22.3 Å². The molecule has 0 spiro atoms. The lowest BCUT2D eigenvalue weighted by molar-refractivity contribution is 0.143. The van der Waals surface area contributed by atoms with Crippen molar-refractivity contribution in [2.24, 2.45) is 5.92 Å². The Kier molecular flexibility index (Phi) is 7.86. The predicted octanol–water partition coefficient (Wildman–Crippen LogP) is 5.61. The molecule has 206 valence electrons. The van der Waals surface area contributed by atoms with Gasteiger partial charge in [-0.05, 0) is 82.9 Å². The third-order valence-electron chi connectivity index (χ3n) is 7.76. The number of likely N-dealkylation sites (tertiary alicyclic amines) is 1. The second-order valence-corrected chi connectivity index (χ2v) is 10.5. The number of fused-ring (bicyclic) bond motifs is 1. The Morgan fingerprint density at radius 1 is 1.05 bits per heavy atom. The van der Waals surface area contributed by atoms with Gasteiger partial charge in [0.2, 0.25) is 5.95 Å². The van der Waals surface area contributed by atoms with Crippen molar-refractivity contribution in [1.82, 2.24) is 29.4 Å². The number of halogens is 2. The Hall–Kier alpha value is -3.50. The van der Waals surface area contributed by atoms with E-state index in [9.17, 15) is 13.9 Å². The van der Waals surface area contributed by atoms with Crippen LogP contribution in [0.2, 0.25) is 0 Å². The van der Waals surface area contributed by atoms with Gasteiger partial charge in [-0.2, -0.15) is 0 Å². The maximum atomic E-state index is 15.0. The number of hydrogen-bond donors (Lipinski definition) is 2. The molecule has 0 unspecified atom stereocenters. The molecule has 2 N–H and O–H groups in total. The number of anilines is 2. The molecule has 0 amide bonds. The first-order chi connectivity index (χ1) is 18.8. The quantitative estimate of drug-likeness (QED) is 0.303. The summed E-state index contributed by atoms with van der Waals surface area (Å²) in [5.41, 5.74) is 2.10. The second kappa shape index (κ2) is 11.3. The van der Waals surface area contributed by atoms with E-state index >= 15 is 0 Å². The number of aliphatic hydroxyl groups is 1. The molecule has 0 radical (unpaired) electrons. The number of nitrogens with one attached hydrogen (secondary N) is 1. The molecule has 1 saturated heterocycles. The van der Waals surface area contributed by atoms with Gasteiger partial charge in [0.15, 0.2) is 11.6 Å². The first-order valence-electron chi connectivity index (χ1n) is 13.6. The van der Waals surface area contributed by atoms with Crippen molar-refractivity contribution >= 4 is 22.8 Å². The molecule has 4 heterocycles. The summed E-state index contributed by atoms with van der Waals surface area (Å²) in [6.45, 7) is 11.2. The highest BCUT2D eigenvalue weighted by atomic mass is 19.1. The summed E-state index contributed by atoms with van der Waals surface area (Å²) in [6, 6.07) is 6.77. The number of aliphatic hydroxyl groups excluding tert-OH is 1. The molecule has 1 aliphatic rings. The first kappa shape index (κ1) is 27.1. The lowest BCUT2D eigenvalue weighted by atomic mass is 9.81. The number of rotatable bonds is 8. The highest BCUT2D eigenvalue weighted by Crippen LogP contribution is 2.33. The molecule has 0 saturated carbocycles. The Labute approximate surface area is 227 Å². The average Bonchev–Trinajstić information content (AvgIpc) is 3.28. The molecule has 1 fully saturated rings. The Morgan fingerprint density at radius 2 is 1.82 bits per heavy atom. The van der Waals surface area contributed by atoms with Crippen LogP contribution in [0.15, 0.2) is 36.7 Å². The van der Waals surface area contributed by atoms with Crippen LogP contribution in [0, 0.1) is 24.5 Å². The molecule has 3 aromatic heterocycles. The Bertz CT molecular complexity index is 1450. The number of aromatic nitrogens is 5. The van der Waals surface area contributed by atoms with Gasteiger partial charge < -0.3 is 19.9 Å². The molecule has 1 atom stereocenters. The van der Waals surface area contributed by atoms with E-state index in [0.717, 1.165) is 44.2 Å². The molecular formula is C29H35F2N7O. The van der Waals surface area contributed by atoms with E-state index in [1.54, 1.807) is 18.3 Å². The second-order valence-electron chi connectivity index (χ2n) is 10.5. The standard InChI is InChI=1S/C29H35F2N7O/c1-5-37-10-8-19(9-11-37)22(16-39)20-6-7-26(32-14-20)35-29-33-15-24(31)27(36-29)21-12-23(30)28-25(13-21)38(17(2)3)18(4)34-28/h6-7,12-15,17,19,22,39H,5,8-11,16H2,1-4H3,(H,32,33,35,36)/t22-/m0/s1. The average molecular weight is 536 g/mol. The zero-order valence-corrected chi connectivity index (χ0v) is 22.8. The van der Waals surface area contributed by atoms with Gasteiger partial charge in [0.05, 0.1) is 18.3 Å². The smallest absolute Gasteiger partial charge is 0.229 e. The zero-order valence-electron chi connectivity index (χ0n) is 22.8. The zero-order chi connectivity index (χ0) is 27.7. The molecule has 5 rings (SSSR count). The van der Waals surface area contributed by atoms with E-state index in [0.29, 0.717) is 28.6 Å². The third-order valence-corrected chi connectivity index (χ3v) is 7.76. The highest BCUT2D eigenvalue weighted by molar-refractivity contribution is 5.83. The van der Waals surface area contributed by atoms with Crippen LogP contribution in [0.1, 0.15) is 57.0 Å². The fourth-order valence-corrected chi connectivity index (χ4v) is 5.70. The van der Waals surface area contributed by atoms with Crippen molar-refractivity contribution in [3.63, 3.8) is 0 Å². The molecule has 1 aromatic carbocycles. The van der Waals surface area contributed by atoms with Crippen molar-refractivity contribution in [2.45, 2.75) is 52.5 Å². The van der Waals surface area contributed by atoms with Crippen LogP contribution < -0.4 is 5.32 Å². The lowest BCUT2D eigenvalue weighted by Crippen LogP contribution is -2.36. The molecule has 39 heavy (non-hydrogen) atoms. The summed E-state index contributed by atoms with van der Waals surface area (Å²) in [4.78, 5) is 19.7. The molecule has 0 bridgehead atoms. The van der Waals surface area contributed by atoms with E-state index in [2.05, 4.69) is 37.1 Å². The summed E-state index contributed by atoms with van der Waals surface area (Å²) >= 11 is 0. The van der Waals surface area contributed by atoms with Gasteiger partial charge in [-0.1, -0.05) is 13.0 Å². The van der Waals surface area contributed by atoms with Crippen LogP contribution in [-0.2, 0) is 0 Å². The predicted molar refractivity (Wildman–Crippen MR) is 148 cm³/mol. The van der Waals surface area contributed by atoms with Crippen LogP contribution in [-0.4, -0.2) is 60.8 Å². The number of hydrogen-bond acceptors (Lipinski definition) is 7. The molecule has 0 aliphatic carbocycles. The van der Waals surface area contributed by atoms with Gasteiger partial charge in [0, 0.05) is 23.7 Å². The summed E-state index contributed by atoms with van der Waals surface area (Å²) < 4.78 is 31.8. The van der Waals surface area contributed by atoms with E-state index in [1.165, 1.54) is 6.07 Å². The van der Waals surface area contributed by atoms with Gasteiger partial charge in [0.25, 0.3) is 0 Å². The van der Waals surface area contributed by atoms with Crippen LogP contribution >= 0.6 is 0 Å². The summed E-state index contributed by atoms with van der Waals surface area (Å²) in [6.07, 6.45) is 4.93. The maximum absolute atomic E-state index is 15.0. The molecule has 8 nitrogen and oxygen atoms in total. The van der Waals surface area contributed by atoms with Crippen molar-refractivity contribution in [2.75, 3.05) is 31.6 Å². The van der Waals surface area contributed by atoms with E-state index in [1.807, 2.05) is 31.4 Å². The topological polar surface area (TPSA) is 92.0 Å². The largest absolute Gasteiger partial charge is 0.396 e. The van der Waals surface area contributed by atoms with Crippen LogP contribution in [0.3, 0.4) is 0 Å². The van der Waals surface area contributed by atoms with Gasteiger partial charge >= 0.3 is 0 Å². The molecule has 1 aliphatic heterocycles. The minimum atomic E-state index is -0.658. The number of imidazole rings is 1. The molecule has 10 heteroatoms. The van der Waals surface area contributed by atoms with Gasteiger partial charge in [-0.25, -0.2) is 28.7 Å². The highest BCUT2D eigenvalue weighted by Gasteiger charge is 2.27. The third kappa shape index (κ3) is 5.49. The normalized spacial score (nSPS) is 15.8. The Morgan fingerprint density at radius 3 is 2.46 bits per heavy atom. The summed E-state index contributed by atoms with van der Waals surface area (Å²) in [7, 11) is 0. The van der Waals surface area contributed by atoms with E-state index in [-0.39, 0.29) is 35.7 Å². The minimum absolute atomic E-state index is 0.0159. The molecule has 4 aromatic rings. The maximum Gasteiger partial charge on any atom is 0.229 e. The van der Waals surface area contributed by atoms with Crippen LogP contribution in [0.4, 0.5) is 20.5 Å². The number of piperidine rings is 1. The van der Waals surface area contributed by atoms with Crippen molar-refractivity contribution in [3.05, 3.63) is 59.7 Å². The van der Waals surface area contributed by atoms with Crippen molar-refractivity contribution in [3.8, 4) is 11.3 Å². The lowest BCUT2D eigenvalue weighted by Gasteiger charge is -2.35. The minimum Gasteiger partial charge on any atom is -0.396 e. The van der Waals surface area contributed by atoms with E-state index < -0.39 is 11.6 Å². The fourth-order valence-electron chi connectivity index (χ4n) is 5.70. The van der Waals surface area contributed by atoms with Crippen LogP contribution in [0.5, 0.6) is 0 Å². The van der Waals surface area contributed by atoms with Gasteiger partial charge in [-0.15, -0.1) is 0 Å². The van der Waals surface area contributed by atoms with Crippen molar-refractivity contribution in [1.29, 1.82) is 0 Å². The van der Waals surface area contributed by atoms with Gasteiger partial charge in [-0.3, -0.25) is 0 Å². The SMILES string of the molecule is CCN1CCC([C@H](CO)c2ccc(Nc3ncc(F)c(-c4cc(F)c5nc(C)n(C(C)C)c5c4)n3)nc2)CC1.